The van der Waals surface area contributed by atoms with E-state index in [-0.39, 0.29) is 49.5 Å². The van der Waals surface area contributed by atoms with Gasteiger partial charge in [-0.3, -0.25) is 19.3 Å². The molecular formula is C20H22ClN3O3. The van der Waals surface area contributed by atoms with Crippen LogP contribution in [0.5, 0.6) is 0 Å². The molecule has 142 valence electrons. The molecular weight excluding hydrogens is 366 g/mol. The third kappa shape index (κ3) is 4.53. The fraction of sp³-hybridized carbons (Fsp3) is 0.250. The summed E-state index contributed by atoms with van der Waals surface area (Å²) in [7, 11) is 0. The Kier molecular flexibility index (Phi) is 6.36. The summed E-state index contributed by atoms with van der Waals surface area (Å²) >= 11 is 0. The maximum Gasteiger partial charge on any atom is 0.248 e. The van der Waals surface area contributed by atoms with Gasteiger partial charge in [-0.05, 0) is 30.2 Å². The van der Waals surface area contributed by atoms with Crippen molar-refractivity contribution in [1.82, 2.24) is 4.90 Å². The normalized spacial score (nSPS) is 15.9. The summed E-state index contributed by atoms with van der Waals surface area (Å²) in [5.41, 5.74) is 7.20. The molecule has 0 saturated carbocycles. The van der Waals surface area contributed by atoms with Gasteiger partial charge < -0.3 is 11.1 Å². The van der Waals surface area contributed by atoms with E-state index in [9.17, 15) is 14.4 Å². The minimum absolute atomic E-state index is 0. The van der Waals surface area contributed by atoms with Crippen LogP contribution in [-0.4, -0.2) is 22.6 Å². The van der Waals surface area contributed by atoms with Crippen molar-refractivity contribution >= 4 is 35.8 Å². The predicted molar refractivity (Wildman–Crippen MR) is 105 cm³/mol. The van der Waals surface area contributed by atoms with Crippen LogP contribution < -0.4 is 11.1 Å². The monoisotopic (exact) mass is 387 g/mol. The first-order chi connectivity index (χ1) is 12.4. The highest BCUT2D eigenvalue weighted by Gasteiger charge is 2.31. The first kappa shape index (κ1) is 20.6. The van der Waals surface area contributed by atoms with Gasteiger partial charge in [0.05, 0.1) is 6.54 Å². The lowest BCUT2D eigenvalue weighted by atomic mass is 9.92. The van der Waals surface area contributed by atoms with Gasteiger partial charge in [0, 0.05) is 18.5 Å². The second-order valence-corrected chi connectivity index (χ2v) is 6.59. The van der Waals surface area contributed by atoms with Crippen molar-refractivity contribution in [2.45, 2.75) is 31.8 Å². The van der Waals surface area contributed by atoms with Gasteiger partial charge in [-0.25, -0.2) is 0 Å². The molecule has 1 heterocycles. The second-order valence-electron chi connectivity index (χ2n) is 6.59. The Morgan fingerprint density at radius 2 is 1.59 bits per heavy atom. The van der Waals surface area contributed by atoms with E-state index in [0.29, 0.717) is 5.69 Å². The lowest BCUT2D eigenvalue weighted by Gasteiger charge is -2.24. The summed E-state index contributed by atoms with van der Waals surface area (Å²) in [6.45, 7) is 1.92. The highest BCUT2D eigenvalue weighted by atomic mass is 35.5. The third-order valence-corrected chi connectivity index (χ3v) is 4.55. The minimum atomic E-state index is -1.16. The number of halogens is 1. The Balaban J connectivity index is 0.00000261. The molecule has 0 bridgehead atoms. The third-order valence-electron chi connectivity index (χ3n) is 4.55. The van der Waals surface area contributed by atoms with Crippen molar-refractivity contribution in [2.75, 3.05) is 5.32 Å². The van der Waals surface area contributed by atoms with Crippen molar-refractivity contribution in [3.05, 3.63) is 65.7 Å². The molecule has 1 aliphatic rings. The Bertz CT molecular complexity index is 819. The molecule has 6 nitrogen and oxygen atoms in total. The summed E-state index contributed by atoms with van der Waals surface area (Å²) in [6, 6.07) is 16.2. The lowest BCUT2D eigenvalue weighted by molar-refractivity contribution is -0.139. The van der Waals surface area contributed by atoms with E-state index in [0.717, 1.165) is 11.1 Å². The molecule has 0 spiro atoms. The molecule has 0 aromatic heterocycles. The SMILES string of the molecule is CC(N)(C(=O)Nc1ccc(CN2C(=O)CCC2=O)cc1)c1ccccc1.Cl. The predicted octanol–water partition coefficient (Wildman–Crippen LogP) is 2.57. The van der Waals surface area contributed by atoms with E-state index in [1.807, 2.05) is 30.3 Å². The average Bonchev–Trinajstić information content (AvgIpc) is 2.96. The zero-order chi connectivity index (χ0) is 18.7. The number of hydrogen-bond acceptors (Lipinski definition) is 4. The Hall–Kier alpha value is -2.70. The Morgan fingerprint density at radius 3 is 2.15 bits per heavy atom. The highest BCUT2D eigenvalue weighted by molar-refractivity contribution is 6.02. The summed E-state index contributed by atoms with van der Waals surface area (Å²) in [4.78, 5) is 37.2. The topological polar surface area (TPSA) is 92.5 Å². The number of benzene rings is 2. The number of nitrogens with zero attached hydrogens (tertiary/aromatic N) is 1. The molecule has 27 heavy (non-hydrogen) atoms. The van der Waals surface area contributed by atoms with Crippen LogP contribution >= 0.6 is 12.4 Å². The van der Waals surface area contributed by atoms with Gasteiger partial charge in [-0.2, -0.15) is 0 Å². The smallest absolute Gasteiger partial charge is 0.248 e. The molecule has 1 unspecified atom stereocenters. The number of likely N-dealkylation sites (tertiary alicyclic amines) is 1. The van der Waals surface area contributed by atoms with E-state index in [1.54, 1.807) is 31.2 Å². The summed E-state index contributed by atoms with van der Waals surface area (Å²) in [5, 5.41) is 2.81. The van der Waals surface area contributed by atoms with Crippen LogP contribution in [0.25, 0.3) is 0 Å². The molecule has 7 heteroatoms. The Labute approximate surface area is 164 Å². The maximum absolute atomic E-state index is 12.6. The van der Waals surface area contributed by atoms with Gasteiger partial charge in [0.15, 0.2) is 0 Å². The summed E-state index contributed by atoms with van der Waals surface area (Å²) in [5.74, 6) is -0.607. The second kappa shape index (κ2) is 8.33. The van der Waals surface area contributed by atoms with Crippen LogP contribution in [0.4, 0.5) is 5.69 Å². The molecule has 3 amide bonds. The molecule has 3 rings (SSSR count). The standard InChI is InChI=1S/C20H21N3O3.ClH/c1-20(21,15-5-3-2-4-6-15)19(26)22-16-9-7-14(8-10-16)13-23-17(24)11-12-18(23)25;/h2-10H,11-13,21H2,1H3,(H,22,26);1H. The van der Waals surface area contributed by atoms with Crippen molar-refractivity contribution < 1.29 is 14.4 Å². The van der Waals surface area contributed by atoms with Crippen molar-refractivity contribution in [3.8, 4) is 0 Å². The van der Waals surface area contributed by atoms with E-state index >= 15 is 0 Å². The first-order valence-electron chi connectivity index (χ1n) is 8.46. The summed E-state index contributed by atoms with van der Waals surface area (Å²) in [6.07, 6.45) is 0.559. The van der Waals surface area contributed by atoms with Gasteiger partial charge in [0.25, 0.3) is 0 Å². The van der Waals surface area contributed by atoms with Gasteiger partial charge in [0.2, 0.25) is 17.7 Å². The van der Waals surface area contributed by atoms with Crippen LogP contribution in [0.3, 0.4) is 0 Å². The number of nitrogens with two attached hydrogens (primary N) is 1. The molecule has 2 aromatic carbocycles. The molecule has 0 aliphatic carbocycles. The van der Waals surface area contributed by atoms with Crippen LogP contribution in [-0.2, 0) is 26.5 Å². The maximum atomic E-state index is 12.6. The molecule has 1 saturated heterocycles. The molecule has 1 fully saturated rings. The minimum Gasteiger partial charge on any atom is -0.324 e. The quantitative estimate of drug-likeness (QED) is 0.771. The number of rotatable bonds is 5. The number of carbonyl (C=O) groups excluding carboxylic acids is 3. The summed E-state index contributed by atoms with van der Waals surface area (Å²) < 4.78 is 0. The molecule has 1 aliphatic heterocycles. The van der Waals surface area contributed by atoms with Crippen molar-refractivity contribution in [2.24, 2.45) is 5.73 Å². The zero-order valence-electron chi connectivity index (χ0n) is 15.0. The molecule has 1 atom stereocenters. The number of imide groups is 1. The average molecular weight is 388 g/mol. The van der Waals surface area contributed by atoms with E-state index < -0.39 is 5.54 Å². The van der Waals surface area contributed by atoms with E-state index in [4.69, 9.17) is 5.73 Å². The van der Waals surface area contributed by atoms with Gasteiger partial charge in [-0.15, -0.1) is 12.4 Å². The number of nitrogens with one attached hydrogen (secondary N) is 1. The van der Waals surface area contributed by atoms with Gasteiger partial charge >= 0.3 is 0 Å². The number of amides is 3. The lowest BCUT2D eigenvalue weighted by Crippen LogP contribution is -2.45. The van der Waals surface area contributed by atoms with Crippen LogP contribution in [0.15, 0.2) is 54.6 Å². The number of anilines is 1. The van der Waals surface area contributed by atoms with Crippen LogP contribution in [0.2, 0.25) is 0 Å². The Morgan fingerprint density at radius 1 is 1.04 bits per heavy atom. The largest absolute Gasteiger partial charge is 0.324 e. The number of hydrogen-bond donors (Lipinski definition) is 2. The first-order valence-corrected chi connectivity index (χ1v) is 8.46. The fourth-order valence-corrected chi connectivity index (χ4v) is 2.85. The van der Waals surface area contributed by atoms with Crippen LogP contribution in [0.1, 0.15) is 30.9 Å². The van der Waals surface area contributed by atoms with E-state index in [1.165, 1.54) is 4.90 Å². The van der Waals surface area contributed by atoms with Crippen LogP contribution in [0, 0.1) is 0 Å². The van der Waals surface area contributed by atoms with Crippen molar-refractivity contribution in [3.63, 3.8) is 0 Å². The molecule has 3 N–H and O–H groups in total. The van der Waals surface area contributed by atoms with Gasteiger partial charge in [-0.1, -0.05) is 42.5 Å². The van der Waals surface area contributed by atoms with E-state index in [2.05, 4.69) is 5.32 Å². The highest BCUT2D eigenvalue weighted by Crippen LogP contribution is 2.21. The molecule has 2 aromatic rings. The van der Waals surface area contributed by atoms with Gasteiger partial charge in [0.1, 0.15) is 5.54 Å². The fourth-order valence-electron chi connectivity index (χ4n) is 2.85. The number of carbonyl (C=O) groups is 3. The van der Waals surface area contributed by atoms with Crippen molar-refractivity contribution in [1.29, 1.82) is 0 Å². The zero-order valence-corrected chi connectivity index (χ0v) is 15.8. The molecule has 0 radical (unpaired) electrons.